The van der Waals surface area contributed by atoms with Gasteiger partial charge in [0.15, 0.2) is 11.4 Å². The van der Waals surface area contributed by atoms with Crippen LogP contribution >= 0.6 is 0 Å². The van der Waals surface area contributed by atoms with Crippen LogP contribution in [-0.2, 0) is 0 Å². The Morgan fingerprint density at radius 2 is 0.867 bits per heavy atom. The van der Waals surface area contributed by atoms with E-state index in [1.54, 1.807) is 0 Å². The molecule has 0 saturated heterocycles. The summed E-state index contributed by atoms with van der Waals surface area (Å²) in [5, 5.41) is 0. The predicted octanol–water partition coefficient (Wildman–Crippen LogP) is 10.6. The van der Waals surface area contributed by atoms with Gasteiger partial charge in [-0.05, 0) is 47.0 Å². The zero-order valence-electron chi connectivity index (χ0n) is 24.3. The number of rotatable bonds is 6. The van der Waals surface area contributed by atoms with Gasteiger partial charge in [0.1, 0.15) is 5.52 Å². The summed E-state index contributed by atoms with van der Waals surface area (Å²) in [5.41, 5.74) is 11.6. The van der Waals surface area contributed by atoms with Crippen LogP contribution in [0.3, 0.4) is 0 Å². The van der Waals surface area contributed by atoms with E-state index in [1.165, 1.54) is 11.1 Å². The summed E-state index contributed by atoms with van der Waals surface area (Å²) in [4.78, 5) is 14.9. The fourth-order valence-electron chi connectivity index (χ4n) is 5.65. The summed E-state index contributed by atoms with van der Waals surface area (Å²) in [6.07, 6.45) is 0. The van der Waals surface area contributed by atoms with Crippen LogP contribution in [0.25, 0.3) is 78.7 Å². The molecule has 0 spiro atoms. The third-order valence-electron chi connectivity index (χ3n) is 7.95. The normalized spacial score (nSPS) is 11.1. The smallest absolute Gasteiger partial charge is 0.227 e. The van der Waals surface area contributed by atoms with Gasteiger partial charge in [-0.2, -0.15) is 0 Å². The van der Waals surface area contributed by atoms with Crippen molar-refractivity contribution in [2.24, 2.45) is 0 Å². The molecule has 2 aromatic heterocycles. The molecule has 0 bridgehead atoms. The first-order chi connectivity index (χ1) is 22.3. The van der Waals surface area contributed by atoms with E-state index in [2.05, 4.69) is 91.0 Å². The monoisotopic (exact) mass is 577 g/mol. The fraction of sp³-hybridized carbons (Fsp3) is 0. The molecule has 0 aliphatic heterocycles. The molecule has 6 aromatic carbocycles. The molecule has 0 aliphatic carbocycles. The van der Waals surface area contributed by atoms with Gasteiger partial charge in [0.2, 0.25) is 5.89 Å². The zero-order chi connectivity index (χ0) is 30.0. The van der Waals surface area contributed by atoms with E-state index in [1.807, 2.05) is 72.8 Å². The Morgan fingerprint density at radius 1 is 0.356 bits per heavy atom. The van der Waals surface area contributed by atoms with Gasteiger partial charge in [-0.15, -0.1) is 0 Å². The first-order valence-corrected chi connectivity index (χ1v) is 14.9. The van der Waals surface area contributed by atoms with Crippen molar-refractivity contribution in [2.45, 2.75) is 0 Å². The molecule has 0 atom stereocenters. The quantitative estimate of drug-likeness (QED) is 0.197. The first-order valence-electron chi connectivity index (χ1n) is 14.9. The number of nitrogens with zero attached hydrogens (tertiary/aromatic N) is 3. The molecule has 2 heterocycles. The van der Waals surface area contributed by atoms with Crippen molar-refractivity contribution in [1.29, 1.82) is 0 Å². The molecule has 0 unspecified atom stereocenters. The van der Waals surface area contributed by atoms with Crippen LogP contribution < -0.4 is 0 Å². The van der Waals surface area contributed by atoms with Crippen molar-refractivity contribution in [3.05, 3.63) is 164 Å². The number of oxazole rings is 1. The summed E-state index contributed by atoms with van der Waals surface area (Å²) < 4.78 is 6.34. The molecule has 0 radical (unpaired) electrons. The highest BCUT2D eigenvalue weighted by Crippen LogP contribution is 2.35. The number of para-hydroxylation sites is 1. The fourth-order valence-corrected chi connectivity index (χ4v) is 5.65. The first kappa shape index (κ1) is 26.5. The molecule has 0 fully saturated rings. The molecular formula is C41H27N3O. The lowest BCUT2D eigenvalue weighted by Crippen LogP contribution is -1.96. The van der Waals surface area contributed by atoms with Crippen LogP contribution in [0, 0.1) is 0 Å². The van der Waals surface area contributed by atoms with Gasteiger partial charge in [0, 0.05) is 27.8 Å². The van der Waals surface area contributed by atoms with Gasteiger partial charge in [0.25, 0.3) is 0 Å². The second kappa shape index (κ2) is 11.5. The Balaban J connectivity index is 1.22. The Bertz CT molecular complexity index is 2240. The van der Waals surface area contributed by atoms with Crippen LogP contribution in [-0.4, -0.2) is 15.0 Å². The van der Waals surface area contributed by atoms with Gasteiger partial charge in [-0.3, -0.25) is 0 Å². The van der Waals surface area contributed by atoms with E-state index >= 15 is 0 Å². The molecule has 0 N–H and O–H groups in total. The molecule has 0 aliphatic rings. The average Bonchev–Trinajstić information content (AvgIpc) is 3.58. The molecule has 8 aromatic rings. The Hall–Kier alpha value is -6.13. The molecule has 45 heavy (non-hydrogen) atoms. The minimum atomic E-state index is 0.607. The predicted molar refractivity (Wildman–Crippen MR) is 182 cm³/mol. The molecular weight excluding hydrogens is 550 g/mol. The highest BCUT2D eigenvalue weighted by atomic mass is 16.3. The molecule has 212 valence electrons. The van der Waals surface area contributed by atoms with Crippen LogP contribution in [0.15, 0.2) is 168 Å². The maximum absolute atomic E-state index is 6.34. The van der Waals surface area contributed by atoms with E-state index < -0.39 is 0 Å². The van der Waals surface area contributed by atoms with E-state index in [0.717, 1.165) is 55.9 Å². The van der Waals surface area contributed by atoms with Gasteiger partial charge < -0.3 is 4.42 Å². The molecule has 0 saturated carbocycles. The Labute approximate surface area is 261 Å². The number of benzene rings is 6. The second-order valence-electron chi connectivity index (χ2n) is 10.9. The van der Waals surface area contributed by atoms with Gasteiger partial charge in [0.05, 0.1) is 11.4 Å². The Kier molecular flexibility index (Phi) is 6.78. The summed E-state index contributed by atoms with van der Waals surface area (Å²) >= 11 is 0. The SMILES string of the molecule is c1ccc(-c2ccc(-c3cc(-c4ccccc4)nc(-c4cccc(-c5cccc6nc(-c7ccccc7)oc56)c4)n3)cc2)cc1. The van der Waals surface area contributed by atoms with Gasteiger partial charge in [-0.25, -0.2) is 15.0 Å². The average molecular weight is 578 g/mol. The highest BCUT2D eigenvalue weighted by molar-refractivity contribution is 5.92. The summed E-state index contributed by atoms with van der Waals surface area (Å²) in [6, 6.07) is 55.7. The minimum Gasteiger partial charge on any atom is -0.435 e. The number of aromatic nitrogens is 3. The van der Waals surface area contributed by atoms with Crippen LogP contribution in [0.4, 0.5) is 0 Å². The van der Waals surface area contributed by atoms with Crippen molar-refractivity contribution < 1.29 is 4.42 Å². The van der Waals surface area contributed by atoms with Crippen molar-refractivity contribution in [3.63, 3.8) is 0 Å². The van der Waals surface area contributed by atoms with E-state index in [4.69, 9.17) is 19.4 Å². The van der Waals surface area contributed by atoms with Crippen LogP contribution in [0.5, 0.6) is 0 Å². The topological polar surface area (TPSA) is 51.8 Å². The minimum absolute atomic E-state index is 0.607. The zero-order valence-corrected chi connectivity index (χ0v) is 24.3. The van der Waals surface area contributed by atoms with Crippen LogP contribution in [0.1, 0.15) is 0 Å². The standard InChI is InChI=1S/C41H27N3O/c1-4-12-28(13-5-1)29-22-24-31(25-23-29)38-27-37(30-14-6-2-7-15-30)42-40(43-38)34-19-10-18-33(26-34)35-20-11-21-36-39(35)45-41(44-36)32-16-8-3-9-17-32/h1-27H. The third kappa shape index (κ3) is 5.30. The molecule has 4 nitrogen and oxygen atoms in total. The van der Waals surface area contributed by atoms with Crippen LogP contribution in [0.2, 0.25) is 0 Å². The second-order valence-corrected chi connectivity index (χ2v) is 10.9. The summed E-state index contributed by atoms with van der Waals surface area (Å²) in [7, 11) is 0. The van der Waals surface area contributed by atoms with E-state index in [0.29, 0.717) is 11.7 Å². The third-order valence-corrected chi connectivity index (χ3v) is 7.95. The van der Waals surface area contributed by atoms with Crippen molar-refractivity contribution in [3.8, 4) is 67.6 Å². The van der Waals surface area contributed by atoms with Gasteiger partial charge in [-0.1, -0.05) is 133 Å². The maximum Gasteiger partial charge on any atom is 0.227 e. The Morgan fingerprint density at radius 3 is 1.56 bits per heavy atom. The van der Waals surface area contributed by atoms with E-state index in [9.17, 15) is 0 Å². The lowest BCUT2D eigenvalue weighted by atomic mass is 10.0. The van der Waals surface area contributed by atoms with Crippen molar-refractivity contribution >= 4 is 11.1 Å². The van der Waals surface area contributed by atoms with E-state index in [-0.39, 0.29) is 0 Å². The summed E-state index contributed by atoms with van der Waals surface area (Å²) in [5.74, 6) is 1.27. The number of hydrogen-bond acceptors (Lipinski definition) is 4. The van der Waals surface area contributed by atoms with Crippen molar-refractivity contribution in [2.75, 3.05) is 0 Å². The largest absolute Gasteiger partial charge is 0.435 e. The lowest BCUT2D eigenvalue weighted by molar-refractivity contribution is 0.621. The number of hydrogen-bond donors (Lipinski definition) is 0. The lowest BCUT2D eigenvalue weighted by Gasteiger charge is -2.11. The van der Waals surface area contributed by atoms with Gasteiger partial charge >= 0.3 is 0 Å². The van der Waals surface area contributed by atoms with Crippen molar-refractivity contribution in [1.82, 2.24) is 15.0 Å². The summed E-state index contributed by atoms with van der Waals surface area (Å²) in [6.45, 7) is 0. The maximum atomic E-state index is 6.34. The molecule has 4 heteroatoms. The molecule has 8 rings (SSSR count). The number of fused-ring (bicyclic) bond motifs is 1. The highest BCUT2D eigenvalue weighted by Gasteiger charge is 2.15. The molecule has 0 amide bonds.